The molecule has 0 fully saturated rings. The van der Waals surface area contributed by atoms with Gasteiger partial charge in [0.2, 0.25) is 0 Å². The molecular weight excluding hydrogens is 178 g/mol. The Kier molecular flexibility index (Phi) is 3.24. The Hall–Kier alpha value is -1.82. The van der Waals surface area contributed by atoms with E-state index < -0.39 is 0 Å². The summed E-state index contributed by atoms with van der Waals surface area (Å²) >= 11 is 0. The fraction of sp³-hybridized carbons (Fsp3) is 0.273. The molecule has 0 atom stereocenters. The van der Waals surface area contributed by atoms with E-state index in [0.29, 0.717) is 5.56 Å². The smallest absolute Gasteiger partial charge is 0.338 e. The van der Waals surface area contributed by atoms with Gasteiger partial charge in [-0.1, -0.05) is 18.2 Å². The Labute approximate surface area is 82.9 Å². The van der Waals surface area contributed by atoms with E-state index >= 15 is 0 Å². The summed E-state index contributed by atoms with van der Waals surface area (Å²) in [5.74, 6) is -0.381. The normalized spacial score (nSPS) is 9.21. The standard InChI is InChI=1S/C11H11NO2/c1-8-4-3-5-9(6-7-12)10(8)11(13)14-2/h3-5H,6H2,1-2H3. The van der Waals surface area contributed by atoms with Gasteiger partial charge in [-0.05, 0) is 18.1 Å². The van der Waals surface area contributed by atoms with Crippen LogP contribution in [-0.2, 0) is 11.2 Å². The van der Waals surface area contributed by atoms with E-state index in [0.717, 1.165) is 11.1 Å². The number of hydrogen-bond donors (Lipinski definition) is 0. The highest BCUT2D eigenvalue weighted by atomic mass is 16.5. The molecule has 0 heterocycles. The molecule has 0 aliphatic carbocycles. The minimum atomic E-state index is -0.381. The van der Waals surface area contributed by atoms with Crippen LogP contribution in [0, 0.1) is 18.3 Å². The SMILES string of the molecule is COC(=O)c1c(C)cccc1CC#N. The lowest BCUT2D eigenvalue weighted by molar-refractivity contribution is 0.0599. The van der Waals surface area contributed by atoms with E-state index in [2.05, 4.69) is 4.74 Å². The lowest BCUT2D eigenvalue weighted by Gasteiger charge is -2.07. The first-order valence-electron chi connectivity index (χ1n) is 4.24. The number of ether oxygens (including phenoxy) is 1. The highest BCUT2D eigenvalue weighted by molar-refractivity contribution is 5.92. The van der Waals surface area contributed by atoms with Gasteiger partial charge in [-0.25, -0.2) is 4.79 Å². The summed E-state index contributed by atoms with van der Waals surface area (Å²) in [5.41, 5.74) is 2.07. The molecule has 0 aliphatic heterocycles. The van der Waals surface area contributed by atoms with Crippen molar-refractivity contribution >= 4 is 5.97 Å². The Morgan fingerprint density at radius 1 is 1.57 bits per heavy atom. The summed E-state index contributed by atoms with van der Waals surface area (Å²) in [7, 11) is 1.34. The summed E-state index contributed by atoms with van der Waals surface area (Å²) in [6.07, 6.45) is 0.228. The molecule has 14 heavy (non-hydrogen) atoms. The first kappa shape index (κ1) is 10.3. The van der Waals surface area contributed by atoms with Crippen LogP contribution in [0.25, 0.3) is 0 Å². The van der Waals surface area contributed by atoms with Crippen molar-refractivity contribution in [1.82, 2.24) is 0 Å². The summed E-state index contributed by atoms with van der Waals surface area (Å²) in [6, 6.07) is 7.44. The second-order valence-electron chi connectivity index (χ2n) is 2.94. The lowest BCUT2D eigenvalue weighted by atomic mass is 10.0. The quantitative estimate of drug-likeness (QED) is 0.667. The van der Waals surface area contributed by atoms with Crippen molar-refractivity contribution in [3.8, 4) is 6.07 Å². The maximum absolute atomic E-state index is 11.4. The molecule has 0 unspecified atom stereocenters. The predicted octanol–water partition coefficient (Wildman–Crippen LogP) is 1.85. The third-order valence-electron chi connectivity index (χ3n) is 2.02. The number of carbonyl (C=O) groups excluding carboxylic acids is 1. The number of rotatable bonds is 2. The average Bonchev–Trinajstić information content (AvgIpc) is 2.18. The van der Waals surface area contributed by atoms with Crippen LogP contribution in [0.15, 0.2) is 18.2 Å². The van der Waals surface area contributed by atoms with E-state index in [1.165, 1.54) is 7.11 Å². The predicted molar refractivity (Wildman–Crippen MR) is 51.8 cm³/mol. The zero-order valence-corrected chi connectivity index (χ0v) is 8.20. The molecule has 0 aromatic heterocycles. The van der Waals surface area contributed by atoms with Crippen molar-refractivity contribution in [2.75, 3.05) is 7.11 Å². The van der Waals surface area contributed by atoms with Crippen molar-refractivity contribution in [3.63, 3.8) is 0 Å². The van der Waals surface area contributed by atoms with Gasteiger partial charge in [-0.15, -0.1) is 0 Å². The van der Waals surface area contributed by atoms with Gasteiger partial charge >= 0.3 is 5.97 Å². The van der Waals surface area contributed by atoms with Crippen molar-refractivity contribution in [1.29, 1.82) is 5.26 Å². The highest BCUT2D eigenvalue weighted by Crippen LogP contribution is 2.15. The number of methoxy groups -OCH3 is 1. The van der Waals surface area contributed by atoms with Crippen LogP contribution >= 0.6 is 0 Å². The molecule has 0 N–H and O–H groups in total. The Morgan fingerprint density at radius 3 is 2.86 bits per heavy atom. The van der Waals surface area contributed by atoms with Crippen LogP contribution in [0.5, 0.6) is 0 Å². The Morgan fingerprint density at radius 2 is 2.29 bits per heavy atom. The molecule has 1 aromatic rings. The number of carbonyl (C=O) groups is 1. The first-order valence-corrected chi connectivity index (χ1v) is 4.24. The number of hydrogen-bond acceptors (Lipinski definition) is 3. The van der Waals surface area contributed by atoms with Crippen LogP contribution < -0.4 is 0 Å². The van der Waals surface area contributed by atoms with Crippen molar-refractivity contribution in [3.05, 3.63) is 34.9 Å². The molecule has 0 spiro atoms. The maximum Gasteiger partial charge on any atom is 0.338 e. The van der Waals surface area contributed by atoms with Crippen LogP contribution in [-0.4, -0.2) is 13.1 Å². The molecule has 0 radical (unpaired) electrons. The largest absolute Gasteiger partial charge is 0.465 e. The molecular formula is C11H11NO2. The fourth-order valence-corrected chi connectivity index (χ4v) is 1.36. The minimum Gasteiger partial charge on any atom is -0.465 e. The topological polar surface area (TPSA) is 50.1 Å². The van der Waals surface area contributed by atoms with Crippen molar-refractivity contribution in [2.45, 2.75) is 13.3 Å². The van der Waals surface area contributed by atoms with E-state index in [4.69, 9.17) is 5.26 Å². The van der Waals surface area contributed by atoms with E-state index in [1.54, 1.807) is 6.07 Å². The monoisotopic (exact) mass is 189 g/mol. The molecule has 3 nitrogen and oxygen atoms in total. The molecule has 0 amide bonds. The molecule has 72 valence electrons. The first-order chi connectivity index (χ1) is 6.70. The van der Waals surface area contributed by atoms with Crippen LogP contribution in [0.3, 0.4) is 0 Å². The summed E-state index contributed by atoms with van der Waals surface area (Å²) in [5, 5.41) is 8.59. The van der Waals surface area contributed by atoms with Gasteiger partial charge in [0, 0.05) is 0 Å². The second-order valence-corrected chi connectivity index (χ2v) is 2.94. The molecule has 3 heteroatoms. The lowest BCUT2D eigenvalue weighted by Crippen LogP contribution is -2.07. The van der Waals surface area contributed by atoms with Gasteiger partial charge in [-0.2, -0.15) is 5.26 Å². The molecule has 1 aromatic carbocycles. The Bertz CT molecular complexity index is 391. The van der Waals surface area contributed by atoms with Crippen LogP contribution in [0.1, 0.15) is 21.5 Å². The van der Waals surface area contributed by atoms with E-state index in [1.807, 2.05) is 25.1 Å². The van der Waals surface area contributed by atoms with Crippen LogP contribution in [0.2, 0.25) is 0 Å². The maximum atomic E-state index is 11.4. The molecule has 0 bridgehead atoms. The van der Waals surface area contributed by atoms with Gasteiger partial charge in [0.15, 0.2) is 0 Å². The summed E-state index contributed by atoms with van der Waals surface area (Å²) < 4.78 is 4.66. The fourth-order valence-electron chi connectivity index (χ4n) is 1.36. The molecule has 0 aliphatic rings. The third-order valence-corrected chi connectivity index (χ3v) is 2.02. The van der Waals surface area contributed by atoms with Crippen molar-refractivity contribution in [2.24, 2.45) is 0 Å². The molecule has 1 rings (SSSR count). The highest BCUT2D eigenvalue weighted by Gasteiger charge is 2.13. The summed E-state index contributed by atoms with van der Waals surface area (Å²) in [6.45, 7) is 1.83. The van der Waals surface area contributed by atoms with E-state index in [9.17, 15) is 4.79 Å². The number of aryl methyl sites for hydroxylation is 1. The summed E-state index contributed by atoms with van der Waals surface area (Å²) in [4.78, 5) is 11.4. The zero-order chi connectivity index (χ0) is 10.6. The van der Waals surface area contributed by atoms with Gasteiger partial charge in [-0.3, -0.25) is 0 Å². The molecule has 0 saturated heterocycles. The molecule has 0 saturated carbocycles. The van der Waals surface area contributed by atoms with Gasteiger partial charge in [0.25, 0.3) is 0 Å². The number of nitrogens with zero attached hydrogens (tertiary/aromatic N) is 1. The third kappa shape index (κ3) is 1.91. The Balaban J connectivity index is 3.23. The van der Waals surface area contributed by atoms with Gasteiger partial charge in [0.05, 0.1) is 25.2 Å². The minimum absolute atomic E-state index is 0.228. The van der Waals surface area contributed by atoms with Crippen molar-refractivity contribution < 1.29 is 9.53 Å². The number of nitriles is 1. The zero-order valence-electron chi connectivity index (χ0n) is 8.20. The van der Waals surface area contributed by atoms with Gasteiger partial charge in [0.1, 0.15) is 0 Å². The average molecular weight is 189 g/mol. The van der Waals surface area contributed by atoms with Gasteiger partial charge < -0.3 is 4.74 Å². The van der Waals surface area contributed by atoms with E-state index in [-0.39, 0.29) is 12.4 Å². The number of benzene rings is 1. The van der Waals surface area contributed by atoms with Crippen LogP contribution in [0.4, 0.5) is 0 Å². The number of esters is 1. The second kappa shape index (κ2) is 4.43.